The van der Waals surface area contributed by atoms with Crippen molar-refractivity contribution in [2.45, 2.75) is 13.8 Å². The van der Waals surface area contributed by atoms with Gasteiger partial charge in [-0.25, -0.2) is 13.9 Å². The smallest absolute Gasteiger partial charge is 0.164 e. The molecule has 1 N–H and O–H groups in total. The summed E-state index contributed by atoms with van der Waals surface area (Å²) in [5.41, 5.74) is 5.79. The summed E-state index contributed by atoms with van der Waals surface area (Å²) in [6.07, 6.45) is 5.78. The van der Waals surface area contributed by atoms with Crippen molar-refractivity contribution < 1.29 is 4.39 Å². The molecule has 4 nitrogen and oxygen atoms in total. The largest absolute Gasteiger partial charge is 0.340 e. The fourth-order valence-corrected chi connectivity index (χ4v) is 3.18. The molecule has 0 unspecified atom stereocenters. The zero-order chi connectivity index (χ0) is 19.7. The van der Waals surface area contributed by atoms with E-state index in [1.54, 1.807) is 16.6 Å². The maximum absolute atomic E-state index is 13.4. The molecule has 0 amide bonds. The van der Waals surface area contributed by atoms with E-state index < -0.39 is 5.82 Å². The molecule has 2 aromatic heterocycles. The zero-order valence-electron chi connectivity index (χ0n) is 15.4. The fourth-order valence-electron chi connectivity index (χ4n) is 3.00. The maximum atomic E-state index is 13.4. The Bertz CT molecular complexity index is 1200. The van der Waals surface area contributed by atoms with Crippen LogP contribution in [0, 0.1) is 12.7 Å². The van der Waals surface area contributed by atoms with E-state index in [1.165, 1.54) is 17.7 Å². The van der Waals surface area contributed by atoms with Gasteiger partial charge < -0.3 is 5.32 Å². The highest BCUT2D eigenvalue weighted by atomic mass is 35.5. The second-order valence-corrected chi connectivity index (χ2v) is 6.98. The van der Waals surface area contributed by atoms with Crippen molar-refractivity contribution in [3.8, 4) is 0 Å². The minimum Gasteiger partial charge on any atom is -0.340 e. The number of halogens is 2. The number of aryl methyl sites for hydroxylation is 1. The van der Waals surface area contributed by atoms with Crippen LogP contribution in [0.2, 0.25) is 5.02 Å². The molecular weight excluding hydrogens is 375 g/mol. The lowest BCUT2D eigenvalue weighted by Gasteiger charge is -2.08. The average Bonchev–Trinajstić information content (AvgIpc) is 3.10. The van der Waals surface area contributed by atoms with E-state index >= 15 is 0 Å². The second-order valence-electron chi connectivity index (χ2n) is 6.58. The Labute approximate surface area is 167 Å². The first-order valence-corrected chi connectivity index (χ1v) is 9.20. The Morgan fingerprint density at radius 1 is 1.18 bits per heavy atom. The minimum absolute atomic E-state index is 0.0631. The van der Waals surface area contributed by atoms with E-state index in [1.807, 2.05) is 31.5 Å². The number of aromatic nitrogens is 3. The molecule has 0 aliphatic carbocycles. The summed E-state index contributed by atoms with van der Waals surface area (Å²) < 4.78 is 15.1. The number of benzene rings is 2. The van der Waals surface area contributed by atoms with E-state index in [-0.39, 0.29) is 5.02 Å². The third kappa shape index (κ3) is 3.62. The highest BCUT2D eigenvalue weighted by molar-refractivity contribution is 6.31. The number of nitrogens with zero attached hydrogens (tertiary/aromatic N) is 3. The second kappa shape index (κ2) is 7.44. The molecule has 2 aromatic carbocycles. The molecule has 28 heavy (non-hydrogen) atoms. The van der Waals surface area contributed by atoms with Crippen LogP contribution in [-0.2, 0) is 0 Å². The molecule has 0 bridgehead atoms. The van der Waals surface area contributed by atoms with Gasteiger partial charge in [0, 0.05) is 17.4 Å². The third-order valence-electron chi connectivity index (χ3n) is 4.55. The summed E-state index contributed by atoms with van der Waals surface area (Å²) in [6, 6.07) is 14.5. The first kappa shape index (κ1) is 18.2. The number of hydrogen-bond acceptors (Lipinski definition) is 3. The number of fused-ring (bicyclic) bond motifs is 1. The van der Waals surface area contributed by atoms with Gasteiger partial charge in [-0.1, -0.05) is 41.9 Å². The van der Waals surface area contributed by atoms with Crippen LogP contribution in [0.5, 0.6) is 0 Å². The minimum atomic E-state index is -0.453. The molecule has 140 valence electrons. The predicted octanol–water partition coefficient (Wildman–Crippen LogP) is 6.13. The number of anilines is 2. The Balaban J connectivity index is 1.70. The van der Waals surface area contributed by atoms with Crippen LogP contribution in [0.25, 0.3) is 17.3 Å². The summed E-state index contributed by atoms with van der Waals surface area (Å²) in [5, 5.41) is 7.61. The lowest BCUT2D eigenvalue weighted by atomic mass is 10.0. The lowest BCUT2D eigenvalue weighted by molar-refractivity contribution is 0.628. The number of nitrogens with one attached hydrogen (secondary N) is 1. The van der Waals surface area contributed by atoms with Crippen molar-refractivity contribution in [2.75, 3.05) is 5.32 Å². The molecule has 4 aromatic rings. The van der Waals surface area contributed by atoms with Crippen molar-refractivity contribution in [1.29, 1.82) is 0 Å². The first-order valence-electron chi connectivity index (χ1n) is 8.82. The van der Waals surface area contributed by atoms with Crippen molar-refractivity contribution >= 4 is 40.4 Å². The molecule has 0 aliphatic heterocycles. The average molecular weight is 393 g/mol. The number of allylic oxidation sites excluding steroid dienone is 1. The van der Waals surface area contributed by atoms with Gasteiger partial charge in [0.05, 0.1) is 11.2 Å². The van der Waals surface area contributed by atoms with Gasteiger partial charge in [-0.3, -0.25) is 0 Å². The van der Waals surface area contributed by atoms with Crippen LogP contribution in [0.1, 0.15) is 23.6 Å². The van der Waals surface area contributed by atoms with E-state index in [9.17, 15) is 4.39 Å². The van der Waals surface area contributed by atoms with Gasteiger partial charge in [0.15, 0.2) is 5.65 Å². The SMILES string of the molecule is C/C(=C\c1ccccc1C)c1cnn2ccc(Nc3ccc(F)c(Cl)c3)nc12. The molecule has 0 spiro atoms. The van der Waals surface area contributed by atoms with E-state index in [2.05, 4.69) is 40.5 Å². The monoisotopic (exact) mass is 392 g/mol. The summed E-state index contributed by atoms with van der Waals surface area (Å²) in [4.78, 5) is 4.68. The van der Waals surface area contributed by atoms with Gasteiger partial charge in [-0.15, -0.1) is 0 Å². The topological polar surface area (TPSA) is 42.2 Å². The maximum Gasteiger partial charge on any atom is 0.164 e. The summed E-state index contributed by atoms with van der Waals surface area (Å²) >= 11 is 5.86. The van der Waals surface area contributed by atoms with Crippen molar-refractivity contribution in [3.05, 3.63) is 88.5 Å². The van der Waals surface area contributed by atoms with Gasteiger partial charge in [-0.05, 0) is 54.8 Å². The molecule has 0 saturated heterocycles. The highest BCUT2D eigenvalue weighted by Gasteiger charge is 2.10. The fraction of sp³-hybridized carbons (Fsp3) is 0.0909. The summed E-state index contributed by atoms with van der Waals surface area (Å²) in [7, 11) is 0. The van der Waals surface area contributed by atoms with Crippen LogP contribution in [0.4, 0.5) is 15.9 Å². The standard InChI is InChI=1S/C22H18ClFN4/c1-14-5-3-4-6-16(14)11-15(2)18-13-25-28-10-9-21(27-22(18)28)26-17-7-8-20(24)19(23)12-17/h3-13H,1-2H3,(H,26,27)/b15-11+. The Morgan fingerprint density at radius 2 is 2.00 bits per heavy atom. The van der Waals surface area contributed by atoms with Gasteiger partial charge in [0.1, 0.15) is 11.6 Å². The van der Waals surface area contributed by atoms with Crippen LogP contribution < -0.4 is 5.32 Å². The molecule has 0 atom stereocenters. The van der Waals surface area contributed by atoms with E-state index in [0.29, 0.717) is 11.5 Å². The van der Waals surface area contributed by atoms with Crippen LogP contribution in [0.3, 0.4) is 0 Å². The van der Waals surface area contributed by atoms with Crippen molar-refractivity contribution in [2.24, 2.45) is 0 Å². The van der Waals surface area contributed by atoms with E-state index in [0.717, 1.165) is 22.3 Å². The van der Waals surface area contributed by atoms with Gasteiger partial charge in [0.2, 0.25) is 0 Å². The first-order chi connectivity index (χ1) is 13.5. The summed E-state index contributed by atoms with van der Waals surface area (Å²) in [5.74, 6) is 0.172. The van der Waals surface area contributed by atoms with Crippen molar-refractivity contribution in [1.82, 2.24) is 14.6 Å². The van der Waals surface area contributed by atoms with Gasteiger partial charge >= 0.3 is 0 Å². The Morgan fingerprint density at radius 3 is 2.79 bits per heavy atom. The molecular formula is C22H18ClFN4. The lowest BCUT2D eigenvalue weighted by Crippen LogP contribution is -1.98. The molecule has 0 aliphatic rings. The van der Waals surface area contributed by atoms with Crippen molar-refractivity contribution in [3.63, 3.8) is 0 Å². The quantitative estimate of drug-likeness (QED) is 0.454. The van der Waals surface area contributed by atoms with E-state index in [4.69, 9.17) is 11.6 Å². The van der Waals surface area contributed by atoms with Crippen LogP contribution in [-0.4, -0.2) is 14.6 Å². The molecule has 2 heterocycles. The Hall–Kier alpha value is -3.18. The summed E-state index contributed by atoms with van der Waals surface area (Å²) in [6.45, 7) is 4.13. The predicted molar refractivity (Wildman–Crippen MR) is 112 cm³/mol. The van der Waals surface area contributed by atoms with Gasteiger partial charge in [-0.2, -0.15) is 5.10 Å². The molecule has 4 rings (SSSR count). The molecule has 0 fully saturated rings. The third-order valence-corrected chi connectivity index (χ3v) is 4.84. The highest BCUT2D eigenvalue weighted by Crippen LogP contribution is 2.25. The Kier molecular flexibility index (Phi) is 4.84. The van der Waals surface area contributed by atoms with Gasteiger partial charge in [0.25, 0.3) is 0 Å². The zero-order valence-corrected chi connectivity index (χ0v) is 16.2. The molecule has 0 saturated carbocycles. The normalized spacial score (nSPS) is 11.8. The molecule has 6 heteroatoms. The van der Waals surface area contributed by atoms with Crippen LogP contribution in [0.15, 0.2) is 60.9 Å². The number of rotatable bonds is 4. The molecule has 0 radical (unpaired) electrons. The van der Waals surface area contributed by atoms with Crippen LogP contribution >= 0.6 is 11.6 Å². The number of hydrogen-bond donors (Lipinski definition) is 1.